The van der Waals surface area contributed by atoms with Crippen molar-refractivity contribution in [3.63, 3.8) is 0 Å². The molecule has 1 aromatic carbocycles. The van der Waals surface area contributed by atoms with Gasteiger partial charge in [-0.25, -0.2) is 0 Å². The quantitative estimate of drug-likeness (QED) is 0.584. The number of fused-ring (bicyclic) bond motifs is 1. The second kappa shape index (κ2) is 3.49. The van der Waals surface area contributed by atoms with E-state index >= 15 is 0 Å². The summed E-state index contributed by atoms with van der Waals surface area (Å²) >= 11 is 1.86. The maximum absolute atomic E-state index is 2.28. The average molecular weight is 227 g/mol. The molecule has 16 heavy (non-hydrogen) atoms. The minimum Gasteiger partial charge on any atom is -0.311 e. The smallest absolute Gasteiger partial charge is 0.100 e. The first kappa shape index (κ1) is 9.67. The number of aromatic nitrogens is 1. The molecule has 0 unspecified atom stereocenters. The summed E-state index contributed by atoms with van der Waals surface area (Å²) in [6, 6.07) is 12.8. The van der Waals surface area contributed by atoms with E-state index in [1.165, 1.54) is 26.5 Å². The Morgan fingerprint density at radius 3 is 2.44 bits per heavy atom. The molecule has 0 saturated heterocycles. The summed E-state index contributed by atoms with van der Waals surface area (Å²) in [5.41, 5.74) is 3.94. The molecule has 80 valence electrons. The number of aryl methyl sites for hydroxylation is 2. The third-order valence-corrected chi connectivity index (χ3v) is 4.15. The fourth-order valence-corrected chi connectivity index (χ4v) is 3.01. The van der Waals surface area contributed by atoms with Crippen molar-refractivity contribution >= 4 is 16.2 Å². The van der Waals surface area contributed by atoms with E-state index in [1.807, 2.05) is 11.3 Å². The second-order valence-corrected chi connectivity index (χ2v) is 5.28. The van der Waals surface area contributed by atoms with Gasteiger partial charge >= 0.3 is 0 Å². The third-order valence-electron chi connectivity index (χ3n) is 3.02. The van der Waals surface area contributed by atoms with Crippen LogP contribution in [0.4, 0.5) is 0 Å². The molecule has 2 aromatic heterocycles. The summed E-state index contributed by atoms with van der Waals surface area (Å²) in [5, 5.41) is 0. The van der Waals surface area contributed by atoms with Gasteiger partial charge in [-0.05, 0) is 25.5 Å². The van der Waals surface area contributed by atoms with Crippen LogP contribution >= 0.6 is 11.3 Å². The van der Waals surface area contributed by atoms with Crippen LogP contribution in [0.15, 0.2) is 42.6 Å². The minimum absolute atomic E-state index is 1.29. The molecule has 0 radical (unpaired) electrons. The molecule has 2 heterocycles. The van der Waals surface area contributed by atoms with Crippen LogP contribution in [-0.4, -0.2) is 4.40 Å². The Hall–Kier alpha value is -1.54. The molecule has 0 bridgehead atoms. The predicted octanol–water partition coefficient (Wildman–Crippen LogP) is 4.28. The molecule has 2 heteroatoms. The van der Waals surface area contributed by atoms with Crippen molar-refractivity contribution in [2.75, 3.05) is 0 Å². The molecule has 0 amide bonds. The molecule has 0 atom stereocenters. The highest BCUT2D eigenvalue weighted by atomic mass is 32.1. The molecule has 3 rings (SSSR count). The van der Waals surface area contributed by atoms with E-state index in [0.29, 0.717) is 0 Å². The van der Waals surface area contributed by atoms with E-state index in [0.717, 1.165) is 0 Å². The summed E-state index contributed by atoms with van der Waals surface area (Å²) in [6.45, 7) is 4.35. The van der Waals surface area contributed by atoms with Crippen LogP contribution in [0.1, 0.15) is 10.6 Å². The fourth-order valence-electron chi connectivity index (χ4n) is 1.97. The van der Waals surface area contributed by atoms with Gasteiger partial charge in [-0.15, -0.1) is 11.3 Å². The Morgan fingerprint density at radius 1 is 1.00 bits per heavy atom. The molecule has 0 aliphatic carbocycles. The van der Waals surface area contributed by atoms with E-state index in [9.17, 15) is 0 Å². The highest BCUT2D eigenvalue weighted by molar-refractivity contribution is 7.17. The van der Waals surface area contributed by atoms with Gasteiger partial charge < -0.3 is 4.40 Å². The van der Waals surface area contributed by atoms with Gasteiger partial charge in [-0.3, -0.25) is 0 Å². The zero-order valence-electron chi connectivity index (χ0n) is 9.40. The lowest BCUT2D eigenvalue weighted by Gasteiger charge is -1.95. The Morgan fingerprint density at radius 2 is 1.75 bits per heavy atom. The largest absolute Gasteiger partial charge is 0.311 e. The Labute approximate surface area is 99.0 Å². The minimum atomic E-state index is 1.29. The van der Waals surface area contributed by atoms with Gasteiger partial charge in [0.15, 0.2) is 0 Å². The van der Waals surface area contributed by atoms with Gasteiger partial charge in [0.05, 0.1) is 0 Å². The standard InChI is InChI=1S/C14H13NS/c1-10-11(2)16-14-8-13(9-15(10)14)12-6-4-3-5-7-12/h3-9H,1-2H3. The topological polar surface area (TPSA) is 4.41 Å². The maximum atomic E-state index is 2.28. The summed E-state index contributed by atoms with van der Waals surface area (Å²) in [5.74, 6) is 0. The number of nitrogens with zero attached hydrogens (tertiary/aromatic N) is 1. The molecule has 0 aliphatic heterocycles. The molecule has 1 nitrogen and oxygen atoms in total. The fraction of sp³-hybridized carbons (Fsp3) is 0.143. The highest BCUT2D eigenvalue weighted by Gasteiger charge is 2.07. The Balaban J connectivity index is 2.20. The number of thiazole rings is 1. The van der Waals surface area contributed by atoms with Crippen molar-refractivity contribution < 1.29 is 0 Å². The molecule has 0 N–H and O–H groups in total. The first-order chi connectivity index (χ1) is 7.75. The lowest BCUT2D eigenvalue weighted by atomic mass is 10.1. The van der Waals surface area contributed by atoms with Gasteiger partial charge in [0.25, 0.3) is 0 Å². The van der Waals surface area contributed by atoms with Gasteiger partial charge in [-0.1, -0.05) is 30.3 Å². The van der Waals surface area contributed by atoms with E-state index in [2.05, 4.69) is 60.8 Å². The zero-order chi connectivity index (χ0) is 11.1. The summed E-state index contributed by atoms with van der Waals surface area (Å²) in [7, 11) is 0. The molecular formula is C14H13NS. The van der Waals surface area contributed by atoms with Crippen LogP contribution in [0.25, 0.3) is 16.0 Å². The molecule has 0 aliphatic rings. The van der Waals surface area contributed by atoms with Crippen LogP contribution in [0.2, 0.25) is 0 Å². The van der Waals surface area contributed by atoms with E-state index in [4.69, 9.17) is 0 Å². The van der Waals surface area contributed by atoms with Crippen molar-refractivity contribution in [3.05, 3.63) is 53.2 Å². The number of hydrogen-bond donors (Lipinski definition) is 0. The number of hydrogen-bond acceptors (Lipinski definition) is 1. The molecule has 0 saturated carbocycles. The number of rotatable bonds is 1. The van der Waals surface area contributed by atoms with Crippen molar-refractivity contribution in [1.82, 2.24) is 4.40 Å². The van der Waals surface area contributed by atoms with E-state index < -0.39 is 0 Å². The van der Waals surface area contributed by atoms with Crippen LogP contribution in [-0.2, 0) is 0 Å². The molecule has 3 aromatic rings. The van der Waals surface area contributed by atoms with Crippen LogP contribution < -0.4 is 0 Å². The first-order valence-corrected chi connectivity index (χ1v) is 6.21. The summed E-state index contributed by atoms with van der Waals surface area (Å²) in [6.07, 6.45) is 2.23. The van der Waals surface area contributed by atoms with Crippen LogP contribution in [0, 0.1) is 13.8 Å². The van der Waals surface area contributed by atoms with Crippen LogP contribution in [0.5, 0.6) is 0 Å². The molecular weight excluding hydrogens is 214 g/mol. The Kier molecular flexibility index (Phi) is 2.11. The molecule has 0 spiro atoms. The normalized spacial score (nSPS) is 11.1. The lowest BCUT2D eigenvalue weighted by Crippen LogP contribution is -1.81. The highest BCUT2D eigenvalue weighted by Crippen LogP contribution is 2.29. The Bertz CT molecular complexity index is 631. The van der Waals surface area contributed by atoms with Gasteiger partial charge in [0, 0.05) is 22.3 Å². The van der Waals surface area contributed by atoms with E-state index in [1.54, 1.807) is 0 Å². The monoisotopic (exact) mass is 227 g/mol. The average Bonchev–Trinajstić information content (AvgIpc) is 2.82. The van der Waals surface area contributed by atoms with Crippen molar-refractivity contribution in [2.45, 2.75) is 13.8 Å². The van der Waals surface area contributed by atoms with Gasteiger partial charge in [-0.2, -0.15) is 0 Å². The second-order valence-electron chi connectivity index (χ2n) is 4.05. The van der Waals surface area contributed by atoms with Crippen molar-refractivity contribution in [3.8, 4) is 11.1 Å². The lowest BCUT2D eigenvalue weighted by molar-refractivity contribution is 1.12. The van der Waals surface area contributed by atoms with Gasteiger partial charge in [0.2, 0.25) is 0 Å². The third kappa shape index (κ3) is 1.38. The summed E-state index contributed by atoms with van der Waals surface area (Å²) < 4.78 is 2.28. The SMILES string of the molecule is Cc1sc2cc(-c3ccccc3)cn2c1C. The van der Waals surface area contributed by atoms with E-state index in [-0.39, 0.29) is 0 Å². The predicted molar refractivity (Wildman–Crippen MR) is 70.2 cm³/mol. The van der Waals surface area contributed by atoms with Gasteiger partial charge in [0.1, 0.15) is 4.83 Å². The zero-order valence-corrected chi connectivity index (χ0v) is 10.2. The number of benzene rings is 1. The van der Waals surface area contributed by atoms with Crippen molar-refractivity contribution in [1.29, 1.82) is 0 Å². The molecule has 0 fully saturated rings. The van der Waals surface area contributed by atoms with Crippen LogP contribution in [0.3, 0.4) is 0 Å². The summed E-state index contributed by atoms with van der Waals surface area (Å²) in [4.78, 5) is 2.73. The van der Waals surface area contributed by atoms with Crippen molar-refractivity contribution in [2.24, 2.45) is 0 Å². The maximum Gasteiger partial charge on any atom is 0.100 e. The first-order valence-electron chi connectivity index (χ1n) is 5.39.